The van der Waals surface area contributed by atoms with Gasteiger partial charge in [0.1, 0.15) is 11.4 Å². The predicted octanol–water partition coefficient (Wildman–Crippen LogP) is 5.15. The van der Waals surface area contributed by atoms with Crippen LogP contribution in [0.4, 0.5) is 5.88 Å². The van der Waals surface area contributed by atoms with Crippen molar-refractivity contribution in [1.29, 1.82) is 0 Å². The molecular formula is C26H29N3O3. The molecule has 1 saturated heterocycles. The topological polar surface area (TPSA) is 58.8 Å². The molecule has 0 atom stereocenters. The van der Waals surface area contributed by atoms with E-state index >= 15 is 0 Å². The maximum atomic E-state index is 13.5. The van der Waals surface area contributed by atoms with Gasteiger partial charge < -0.3 is 19.1 Å². The Morgan fingerprint density at radius 2 is 1.78 bits per heavy atom. The SMILES string of the molecule is COc1ccc(C(=O)N(Cc2c(-c3ccccc3)noc2N2CCCCC2)C2CC2)cc1. The minimum atomic E-state index is 0.0416. The van der Waals surface area contributed by atoms with E-state index in [1.165, 1.54) is 6.42 Å². The van der Waals surface area contributed by atoms with Gasteiger partial charge in [-0.1, -0.05) is 35.5 Å². The Morgan fingerprint density at radius 3 is 2.44 bits per heavy atom. The largest absolute Gasteiger partial charge is 0.497 e. The summed E-state index contributed by atoms with van der Waals surface area (Å²) in [5.74, 6) is 1.61. The fourth-order valence-corrected chi connectivity index (χ4v) is 4.43. The summed E-state index contributed by atoms with van der Waals surface area (Å²) in [5.41, 5.74) is 3.53. The van der Waals surface area contributed by atoms with Gasteiger partial charge in [0, 0.05) is 30.3 Å². The smallest absolute Gasteiger partial charge is 0.254 e. The number of nitrogens with zero attached hydrogens (tertiary/aromatic N) is 3. The number of piperidine rings is 1. The van der Waals surface area contributed by atoms with Crippen LogP contribution >= 0.6 is 0 Å². The lowest BCUT2D eigenvalue weighted by atomic mass is 10.0. The van der Waals surface area contributed by atoms with Crippen molar-refractivity contribution in [2.24, 2.45) is 0 Å². The number of carbonyl (C=O) groups is 1. The van der Waals surface area contributed by atoms with E-state index < -0.39 is 0 Å². The molecule has 2 heterocycles. The molecular weight excluding hydrogens is 402 g/mol. The molecule has 0 bridgehead atoms. The maximum Gasteiger partial charge on any atom is 0.254 e. The molecule has 3 aromatic rings. The molecule has 1 saturated carbocycles. The van der Waals surface area contributed by atoms with E-state index in [1.54, 1.807) is 7.11 Å². The van der Waals surface area contributed by atoms with E-state index in [9.17, 15) is 4.79 Å². The van der Waals surface area contributed by atoms with Gasteiger partial charge in [0.2, 0.25) is 5.88 Å². The summed E-state index contributed by atoms with van der Waals surface area (Å²) in [4.78, 5) is 17.8. The second-order valence-corrected chi connectivity index (χ2v) is 8.62. The van der Waals surface area contributed by atoms with Gasteiger partial charge in [-0.25, -0.2) is 0 Å². The average Bonchev–Trinajstić information content (AvgIpc) is 3.62. The fourth-order valence-electron chi connectivity index (χ4n) is 4.43. The third-order valence-corrected chi connectivity index (χ3v) is 6.37. The van der Waals surface area contributed by atoms with Crippen LogP contribution in [0.5, 0.6) is 5.75 Å². The van der Waals surface area contributed by atoms with Crippen LogP contribution in [0, 0.1) is 0 Å². The monoisotopic (exact) mass is 431 g/mol. The van der Waals surface area contributed by atoms with Crippen molar-refractivity contribution in [2.45, 2.75) is 44.7 Å². The zero-order valence-corrected chi connectivity index (χ0v) is 18.5. The molecule has 2 fully saturated rings. The van der Waals surface area contributed by atoms with Gasteiger partial charge in [-0.05, 0) is 56.4 Å². The van der Waals surface area contributed by atoms with Crippen molar-refractivity contribution in [3.63, 3.8) is 0 Å². The number of ether oxygens (including phenoxy) is 1. The van der Waals surface area contributed by atoms with E-state index in [-0.39, 0.29) is 11.9 Å². The van der Waals surface area contributed by atoms with Crippen molar-refractivity contribution >= 4 is 11.8 Å². The molecule has 0 spiro atoms. The van der Waals surface area contributed by atoms with Gasteiger partial charge in [-0.3, -0.25) is 4.79 Å². The average molecular weight is 432 g/mol. The summed E-state index contributed by atoms with van der Waals surface area (Å²) in [7, 11) is 1.63. The number of methoxy groups -OCH3 is 1. The van der Waals surface area contributed by atoms with Crippen molar-refractivity contribution in [3.05, 3.63) is 65.7 Å². The van der Waals surface area contributed by atoms with E-state index in [1.807, 2.05) is 59.5 Å². The van der Waals surface area contributed by atoms with Gasteiger partial charge in [-0.15, -0.1) is 0 Å². The maximum absolute atomic E-state index is 13.5. The molecule has 1 aliphatic heterocycles. The van der Waals surface area contributed by atoms with E-state index in [4.69, 9.17) is 9.26 Å². The molecule has 0 unspecified atom stereocenters. The van der Waals surface area contributed by atoms with Crippen molar-refractivity contribution in [1.82, 2.24) is 10.1 Å². The molecule has 6 nitrogen and oxygen atoms in total. The number of hydrogen-bond donors (Lipinski definition) is 0. The first-order valence-electron chi connectivity index (χ1n) is 11.5. The Kier molecular flexibility index (Phi) is 5.84. The van der Waals surface area contributed by atoms with E-state index in [0.717, 1.165) is 67.2 Å². The molecule has 2 aliphatic rings. The number of rotatable bonds is 7. The third kappa shape index (κ3) is 4.22. The van der Waals surface area contributed by atoms with Crippen LogP contribution in [0.2, 0.25) is 0 Å². The van der Waals surface area contributed by atoms with Gasteiger partial charge in [0.05, 0.1) is 19.2 Å². The highest BCUT2D eigenvalue weighted by Crippen LogP contribution is 2.37. The molecule has 166 valence electrons. The van der Waals surface area contributed by atoms with Gasteiger partial charge in [-0.2, -0.15) is 0 Å². The molecule has 5 rings (SSSR count). The molecule has 1 aromatic heterocycles. The Balaban J connectivity index is 1.49. The van der Waals surface area contributed by atoms with E-state index in [0.29, 0.717) is 12.1 Å². The van der Waals surface area contributed by atoms with Gasteiger partial charge in [0.25, 0.3) is 5.91 Å². The summed E-state index contributed by atoms with van der Waals surface area (Å²) in [5, 5.41) is 4.48. The van der Waals surface area contributed by atoms with E-state index in [2.05, 4.69) is 10.1 Å². The number of hydrogen-bond acceptors (Lipinski definition) is 5. The Hall–Kier alpha value is -3.28. The predicted molar refractivity (Wildman–Crippen MR) is 124 cm³/mol. The highest BCUT2D eigenvalue weighted by atomic mass is 16.5. The van der Waals surface area contributed by atoms with Gasteiger partial charge >= 0.3 is 0 Å². The van der Waals surface area contributed by atoms with Crippen LogP contribution in [0.3, 0.4) is 0 Å². The molecule has 0 N–H and O–H groups in total. The zero-order chi connectivity index (χ0) is 21.9. The molecule has 0 radical (unpaired) electrons. The standard InChI is InChI=1S/C26H29N3O3/c1-31-22-14-10-20(11-15-22)25(30)29(21-12-13-21)18-23-24(19-8-4-2-5-9-19)27-32-26(23)28-16-6-3-7-17-28/h2,4-5,8-11,14-15,21H,3,6-7,12-13,16-18H2,1H3. The third-order valence-electron chi connectivity index (χ3n) is 6.37. The highest BCUT2D eigenvalue weighted by molar-refractivity contribution is 5.95. The van der Waals surface area contributed by atoms with Crippen LogP contribution < -0.4 is 9.64 Å². The lowest BCUT2D eigenvalue weighted by Gasteiger charge is -2.28. The second-order valence-electron chi connectivity index (χ2n) is 8.62. The van der Waals surface area contributed by atoms with Gasteiger partial charge in [0.15, 0.2) is 0 Å². The summed E-state index contributed by atoms with van der Waals surface area (Å²) < 4.78 is 11.2. The number of anilines is 1. The lowest BCUT2D eigenvalue weighted by molar-refractivity contribution is 0.0730. The zero-order valence-electron chi connectivity index (χ0n) is 18.5. The molecule has 32 heavy (non-hydrogen) atoms. The van der Waals surface area contributed by atoms with Crippen molar-refractivity contribution in [2.75, 3.05) is 25.1 Å². The minimum absolute atomic E-state index is 0.0416. The van der Waals surface area contributed by atoms with Crippen LogP contribution in [-0.4, -0.2) is 42.2 Å². The molecule has 1 amide bonds. The fraction of sp³-hybridized carbons (Fsp3) is 0.385. The molecule has 1 aliphatic carbocycles. The number of benzene rings is 2. The van der Waals surface area contributed by atoms with Crippen LogP contribution in [0.25, 0.3) is 11.3 Å². The van der Waals surface area contributed by atoms with Crippen LogP contribution in [0.1, 0.15) is 48.0 Å². The van der Waals surface area contributed by atoms with Crippen LogP contribution in [0.15, 0.2) is 59.1 Å². The second kappa shape index (κ2) is 9.07. The number of aromatic nitrogens is 1. The van der Waals surface area contributed by atoms with Crippen molar-refractivity contribution < 1.29 is 14.1 Å². The normalized spacial score (nSPS) is 16.1. The number of carbonyl (C=O) groups excluding carboxylic acids is 1. The first kappa shape index (κ1) is 20.6. The lowest BCUT2D eigenvalue weighted by Crippen LogP contribution is -2.34. The summed E-state index contributed by atoms with van der Waals surface area (Å²) in [6.45, 7) is 2.42. The summed E-state index contributed by atoms with van der Waals surface area (Å²) >= 11 is 0. The first-order chi connectivity index (χ1) is 15.7. The Morgan fingerprint density at radius 1 is 1.06 bits per heavy atom. The van der Waals surface area contributed by atoms with Crippen molar-refractivity contribution in [3.8, 4) is 17.0 Å². The molecule has 6 heteroatoms. The highest BCUT2D eigenvalue weighted by Gasteiger charge is 2.36. The number of amides is 1. The molecule has 2 aromatic carbocycles. The Bertz CT molecular complexity index is 1050. The quantitative estimate of drug-likeness (QED) is 0.518. The Labute approximate surface area is 188 Å². The minimum Gasteiger partial charge on any atom is -0.497 e. The van der Waals surface area contributed by atoms with Crippen LogP contribution in [-0.2, 0) is 6.54 Å². The summed E-state index contributed by atoms with van der Waals surface area (Å²) in [6.07, 6.45) is 5.62. The first-order valence-corrected chi connectivity index (χ1v) is 11.5. The summed E-state index contributed by atoms with van der Waals surface area (Å²) in [6, 6.07) is 17.7.